The highest BCUT2D eigenvalue weighted by Gasteiger charge is 2.43. The van der Waals surface area contributed by atoms with Gasteiger partial charge in [0.25, 0.3) is 5.91 Å². The second-order valence-corrected chi connectivity index (χ2v) is 8.28. The molecule has 0 bridgehead atoms. The predicted octanol–water partition coefficient (Wildman–Crippen LogP) is 4.48. The van der Waals surface area contributed by atoms with Gasteiger partial charge in [-0.3, -0.25) is 10.1 Å². The summed E-state index contributed by atoms with van der Waals surface area (Å²) in [5.74, 6) is 0.320. The van der Waals surface area contributed by atoms with Gasteiger partial charge in [0.15, 0.2) is 11.5 Å². The van der Waals surface area contributed by atoms with Crippen molar-refractivity contribution in [3.8, 4) is 22.9 Å². The van der Waals surface area contributed by atoms with E-state index in [1.807, 2.05) is 20.8 Å². The summed E-state index contributed by atoms with van der Waals surface area (Å²) in [7, 11) is 0. The Balaban J connectivity index is 1.37. The number of nitrogens with zero attached hydrogens (tertiary/aromatic N) is 3. The number of fused-ring (bicyclic) bond motifs is 2. The van der Waals surface area contributed by atoms with E-state index in [2.05, 4.69) is 34.9 Å². The molecule has 164 valence electrons. The maximum Gasteiger partial charge on any atom is 0.586 e. The summed E-state index contributed by atoms with van der Waals surface area (Å²) in [6.45, 7) is 5.87. The van der Waals surface area contributed by atoms with Gasteiger partial charge in [0.05, 0.1) is 11.0 Å². The van der Waals surface area contributed by atoms with Crippen LogP contribution in [0.2, 0.25) is 0 Å². The molecule has 1 amide bonds. The van der Waals surface area contributed by atoms with Crippen molar-refractivity contribution >= 4 is 22.9 Å². The molecule has 5 rings (SSSR count). The zero-order valence-corrected chi connectivity index (χ0v) is 17.2. The second-order valence-electron chi connectivity index (χ2n) is 8.28. The lowest BCUT2D eigenvalue weighted by Gasteiger charge is -2.10. The Morgan fingerprint density at radius 3 is 2.56 bits per heavy atom. The molecule has 0 atom stereocenters. The molecule has 1 aliphatic rings. The molecule has 2 aromatic carbocycles. The third-order valence-electron chi connectivity index (χ3n) is 4.69. The summed E-state index contributed by atoms with van der Waals surface area (Å²) in [6, 6.07) is 9.37. The number of amides is 1. The van der Waals surface area contributed by atoms with Gasteiger partial charge >= 0.3 is 6.29 Å². The van der Waals surface area contributed by atoms with Gasteiger partial charge < -0.3 is 19.0 Å². The number of alkyl halides is 2. The number of ether oxygens (including phenoxy) is 2. The Bertz CT molecular complexity index is 1310. The maximum atomic E-state index is 13.2. The largest absolute Gasteiger partial charge is 0.586 e. The van der Waals surface area contributed by atoms with Crippen LogP contribution >= 0.6 is 0 Å². The highest BCUT2D eigenvalue weighted by atomic mass is 19.3. The Morgan fingerprint density at radius 1 is 1.09 bits per heavy atom. The zero-order valence-electron chi connectivity index (χ0n) is 17.2. The van der Waals surface area contributed by atoms with E-state index in [1.165, 1.54) is 12.1 Å². The first kappa shape index (κ1) is 19.9. The van der Waals surface area contributed by atoms with Crippen LogP contribution < -0.4 is 14.8 Å². The van der Waals surface area contributed by atoms with Crippen LogP contribution in [0, 0.1) is 0 Å². The van der Waals surface area contributed by atoms with Crippen LogP contribution in [-0.2, 0) is 5.41 Å². The lowest BCUT2D eigenvalue weighted by Crippen LogP contribution is -2.25. The molecule has 1 aliphatic heterocycles. The summed E-state index contributed by atoms with van der Waals surface area (Å²) < 4.78 is 40.6. The van der Waals surface area contributed by atoms with Crippen molar-refractivity contribution in [3.63, 3.8) is 0 Å². The van der Waals surface area contributed by atoms with Crippen LogP contribution in [0.1, 0.15) is 37.0 Å². The van der Waals surface area contributed by atoms with E-state index in [-0.39, 0.29) is 22.9 Å². The fourth-order valence-corrected chi connectivity index (χ4v) is 3.14. The topological polar surface area (TPSA) is 115 Å². The number of aromatic amines is 1. The molecule has 0 fully saturated rings. The number of nitrogens with one attached hydrogen (secondary N) is 2. The molecule has 3 heterocycles. The minimum atomic E-state index is -3.71. The fourth-order valence-electron chi connectivity index (χ4n) is 3.14. The molecule has 4 aromatic rings. The minimum absolute atomic E-state index is 0.119. The summed E-state index contributed by atoms with van der Waals surface area (Å²) in [6.07, 6.45) is -3.71. The number of carbonyl (C=O) groups excluding carboxylic acids is 1. The molecule has 32 heavy (non-hydrogen) atoms. The Morgan fingerprint density at radius 2 is 1.84 bits per heavy atom. The number of anilines is 1. The van der Waals surface area contributed by atoms with Gasteiger partial charge in [-0.25, -0.2) is 4.98 Å². The van der Waals surface area contributed by atoms with Crippen LogP contribution in [0.15, 0.2) is 40.9 Å². The van der Waals surface area contributed by atoms with Gasteiger partial charge in [-0.2, -0.15) is 4.98 Å². The van der Waals surface area contributed by atoms with Crippen molar-refractivity contribution in [2.75, 3.05) is 5.32 Å². The van der Waals surface area contributed by atoms with Crippen molar-refractivity contribution in [2.24, 2.45) is 0 Å². The number of rotatable bonds is 3. The van der Waals surface area contributed by atoms with Crippen LogP contribution in [0.4, 0.5) is 14.7 Å². The molecule has 11 heteroatoms. The van der Waals surface area contributed by atoms with Gasteiger partial charge in [-0.1, -0.05) is 38.1 Å². The molecule has 0 saturated heterocycles. The molecule has 2 N–H and O–H groups in total. The van der Waals surface area contributed by atoms with Gasteiger partial charge in [-0.15, -0.1) is 8.78 Å². The number of aromatic nitrogens is 4. The number of carbonyl (C=O) groups is 1. The SMILES string of the molecule is CC(C)(C)c1nc(-c2cccc(C(=O)Nc3nc4cc5c(cc4[nH]3)OC(F)(F)O5)c2)no1. The van der Waals surface area contributed by atoms with Gasteiger partial charge in [0, 0.05) is 28.7 Å². The van der Waals surface area contributed by atoms with E-state index >= 15 is 0 Å². The zero-order chi connectivity index (χ0) is 22.7. The summed E-state index contributed by atoms with van der Waals surface area (Å²) in [5.41, 5.74) is 1.39. The Hall–Kier alpha value is -4.02. The molecule has 2 aromatic heterocycles. The number of hydrogen-bond acceptors (Lipinski definition) is 7. The number of hydrogen-bond donors (Lipinski definition) is 2. The average Bonchev–Trinajstić information content (AvgIpc) is 3.40. The highest BCUT2D eigenvalue weighted by Crippen LogP contribution is 2.42. The van der Waals surface area contributed by atoms with Crippen LogP contribution in [0.25, 0.3) is 22.4 Å². The normalized spacial score (nSPS) is 14.7. The number of H-pyrrole nitrogens is 1. The Kier molecular flexibility index (Phi) is 4.19. The minimum Gasteiger partial charge on any atom is -0.395 e. The first-order valence-electron chi connectivity index (χ1n) is 9.63. The molecule has 0 radical (unpaired) electrons. The standard InChI is InChI=1S/C21H17F2N5O4/c1-20(2,3)18-26-16(28-32-18)10-5-4-6-11(7-10)17(29)27-19-24-12-8-14-15(9-13(12)25-19)31-21(22,23)30-14/h4-9H,1-3H3,(H2,24,25,27,29). The van der Waals surface area contributed by atoms with Crippen molar-refractivity contribution < 1.29 is 27.6 Å². The molecular formula is C21H17F2N5O4. The molecular weight excluding hydrogens is 424 g/mol. The highest BCUT2D eigenvalue weighted by molar-refractivity contribution is 6.04. The van der Waals surface area contributed by atoms with Crippen LogP contribution in [-0.4, -0.2) is 32.3 Å². The number of halogens is 2. The molecule has 9 nitrogen and oxygen atoms in total. The third kappa shape index (κ3) is 3.61. The quantitative estimate of drug-likeness (QED) is 0.481. The van der Waals surface area contributed by atoms with E-state index in [9.17, 15) is 13.6 Å². The third-order valence-corrected chi connectivity index (χ3v) is 4.69. The van der Waals surface area contributed by atoms with Gasteiger partial charge in [-0.05, 0) is 12.1 Å². The summed E-state index contributed by atoms with van der Waals surface area (Å²) >= 11 is 0. The molecule has 0 saturated carbocycles. The van der Waals surface area contributed by atoms with E-state index in [0.717, 1.165) is 0 Å². The molecule has 0 unspecified atom stereocenters. The van der Waals surface area contributed by atoms with Gasteiger partial charge in [0.2, 0.25) is 17.7 Å². The second kappa shape index (κ2) is 6.74. The lowest BCUT2D eigenvalue weighted by atomic mass is 9.97. The first-order valence-corrected chi connectivity index (χ1v) is 9.63. The van der Waals surface area contributed by atoms with Gasteiger partial charge in [0.1, 0.15) is 0 Å². The monoisotopic (exact) mass is 441 g/mol. The molecule has 0 aliphatic carbocycles. The number of imidazole rings is 1. The fraction of sp³-hybridized carbons (Fsp3) is 0.238. The van der Waals surface area contributed by atoms with Crippen LogP contribution in [0.5, 0.6) is 11.5 Å². The predicted molar refractivity (Wildman–Crippen MR) is 109 cm³/mol. The van der Waals surface area contributed by atoms with Crippen molar-refractivity contribution in [3.05, 3.63) is 47.9 Å². The van der Waals surface area contributed by atoms with Crippen molar-refractivity contribution in [1.82, 2.24) is 20.1 Å². The average molecular weight is 441 g/mol. The summed E-state index contributed by atoms with van der Waals surface area (Å²) in [5, 5.41) is 6.64. The van der Waals surface area contributed by atoms with Crippen LogP contribution in [0.3, 0.4) is 0 Å². The first-order chi connectivity index (χ1) is 15.1. The lowest BCUT2D eigenvalue weighted by molar-refractivity contribution is -0.286. The van der Waals surface area contributed by atoms with E-state index < -0.39 is 12.2 Å². The van der Waals surface area contributed by atoms with E-state index in [0.29, 0.717) is 33.9 Å². The van der Waals surface area contributed by atoms with Crippen molar-refractivity contribution in [2.45, 2.75) is 32.5 Å². The maximum absolute atomic E-state index is 13.2. The number of benzene rings is 2. The Labute approximate surface area is 179 Å². The molecule has 0 spiro atoms. The smallest absolute Gasteiger partial charge is 0.395 e. The van der Waals surface area contributed by atoms with E-state index in [1.54, 1.807) is 24.3 Å². The van der Waals surface area contributed by atoms with E-state index in [4.69, 9.17) is 4.52 Å². The van der Waals surface area contributed by atoms with Crippen molar-refractivity contribution in [1.29, 1.82) is 0 Å². The summed E-state index contributed by atoms with van der Waals surface area (Å²) in [4.78, 5) is 24.2.